The highest BCUT2D eigenvalue weighted by molar-refractivity contribution is 5.80. The highest BCUT2D eigenvalue weighted by Crippen LogP contribution is 2.28. The summed E-state index contributed by atoms with van der Waals surface area (Å²) < 4.78 is 12.2. The van der Waals surface area contributed by atoms with Gasteiger partial charge in [-0.05, 0) is 48.0 Å². The Morgan fingerprint density at radius 1 is 0.900 bits per heavy atom. The molecule has 0 saturated carbocycles. The van der Waals surface area contributed by atoms with Crippen molar-refractivity contribution in [1.82, 2.24) is 9.55 Å². The highest BCUT2D eigenvalue weighted by Gasteiger charge is 2.14. The zero-order valence-corrected chi connectivity index (χ0v) is 16.6. The quantitative estimate of drug-likeness (QED) is 0.541. The lowest BCUT2D eigenvalue weighted by atomic mass is 10.1. The maximum atomic E-state index is 13.4. The van der Waals surface area contributed by atoms with E-state index in [1.165, 1.54) is 11.7 Å². The standard InChI is InChI=1S/C24H20N2O4/c1-29-21-10-6-5-9-19(21)26-23(25-18-8-4-3-7-17(18)24(26)28)14-12-16-11-13-20(27)22(15-16)30-2/h3-15,27H,1-2H3/b14-12+. The molecule has 6 nitrogen and oxygen atoms in total. The van der Waals surface area contributed by atoms with Crippen molar-refractivity contribution in [2.45, 2.75) is 0 Å². The van der Waals surface area contributed by atoms with Crippen LogP contribution >= 0.6 is 0 Å². The van der Waals surface area contributed by atoms with Crippen LogP contribution < -0.4 is 15.0 Å². The molecule has 0 unspecified atom stereocenters. The number of aromatic nitrogens is 2. The minimum absolute atomic E-state index is 0.0596. The van der Waals surface area contributed by atoms with Crippen LogP contribution in [0, 0.1) is 0 Å². The van der Waals surface area contributed by atoms with Gasteiger partial charge in [0.15, 0.2) is 11.5 Å². The predicted octanol–water partition coefficient (Wildman–Crippen LogP) is 4.28. The molecular formula is C24H20N2O4. The molecule has 4 rings (SSSR count). The molecule has 0 spiro atoms. The second kappa shape index (κ2) is 8.13. The summed E-state index contributed by atoms with van der Waals surface area (Å²) in [7, 11) is 3.06. The average Bonchev–Trinajstić information content (AvgIpc) is 2.78. The topological polar surface area (TPSA) is 73.6 Å². The molecule has 0 saturated heterocycles. The molecule has 0 aliphatic heterocycles. The van der Waals surface area contributed by atoms with Gasteiger partial charge in [-0.1, -0.05) is 36.4 Å². The van der Waals surface area contributed by atoms with Crippen LogP contribution in [0.5, 0.6) is 17.2 Å². The van der Waals surface area contributed by atoms with E-state index < -0.39 is 0 Å². The molecule has 150 valence electrons. The third-order valence-electron chi connectivity index (χ3n) is 4.76. The van der Waals surface area contributed by atoms with Crippen molar-refractivity contribution in [1.29, 1.82) is 0 Å². The van der Waals surface area contributed by atoms with Gasteiger partial charge < -0.3 is 14.6 Å². The molecule has 1 N–H and O–H groups in total. The van der Waals surface area contributed by atoms with Gasteiger partial charge in [0.25, 0.3) is 5.56 Å². The fraction of sp³-hybridized carbons (Fsp3) is 0.0833. The summed E-state index contributed by atoms with van der Waals surface area (Å²) >= 11 is 0. The molecule has 1 heterocycles. The van der Waals surface area contributed by atoms with E-state index in [2.05, 4.69) is 0 Å². The number of aromatic hydroxyl groups is 1. The van der Waals surface area contributed by atoms with E-state index >= 15 is 0 Å². The molecule has 0 fully saturated rings. The van der Waals surface area contributed by atoms with Crippen LogP contribution in [0.25, 0.3) is 28.7 Å². The Morgan fingerprint density at radius 2 is 1.63 bits per heavy atom. The zero-order chi connectivity index (χ0) is 21.1. The zero-order valence-electron chi connectivity index (χ0n) is 16.6. The normalized spacial score (nSPS) is 11.1. The van der Waals surface area contributed by atoms with Gasteiger partial charge in [0, 0.05) is 0 Å². The minimum atomic E-state index is -0.187. The van der Waals surface area contributed by atoms with Crippen molar-refractivity contribution in [3.63, 3.8) is 0 Å². The second-order valence-corrected chi connectivity index (χ2v) is 6.56. The molecule has 0 aliphatic rings. The summed E-state index contributed by atoms with van der Waals surface area (Å²) in [5.74, 6) is 1.45. The lowest BCUT2D eigenvalue weighted by molar-refractivity contribution is 0.373. The van der Waals surface area contributed by atoms with Gasteiger partial charge in [-0.2, -0.15) is 0 Å². The third kappa shape index (κ3) is 3.51. The van der Waals surface area contributed by atoms with E-state index in [0.29, 0.717) is 33.9 Å². The van der Waals surface area contributed by atoms with Gasteiger partial charge in [-0.3, -0.25) is 9.36 Å². The fourth-order valence-corrected chi connectivity index (χ4v) is 3.28. The predicted molar refractivity (Wildman–Crippen MR) is 117 cm³/mol. The van der Waals surface area contributed by atoms with E-state index in [-0.39, 0.29) is 11.3 Å². The van der Waals surface area contributed by atoms with Crippen LogP contribution in [0.15, 0.2) is 71.5 Å². The Labute approximate surface area is 173 Å². The lowest BCUT2D eigenvalue weighted by Gasteiger charge is -2.14. The molecule has 3 aromatic carbocycles. The second-order valence-electron chi connectivity index (χ2n) is 6.56. The van der Waals surface area contributed by atoms with Gasteiger partial charge in [0.1, 0.15) is 11.6 Å². The Kier molecular flexibility index (Phi) is 5.22. The number of phenolic OH excluding ortho intramolecular Hbond substituents is 1. The van der Waals surface area contributed by atoms with Crippen molar-refractivity contribution in [3.05, 3.63) is 88.5 Å². The summed E-state index contributed by atoms with van der Waals surface area (Å²) in [6.07, 6.45) is 3.57. The van der Waals surface area contributed by atoms with E-state index in [9.17, 15) is 9.90 Å². The molecule has 30 heavy (non-hydrogen) atoms. The van der Waals surface area contributed by atoms with Gasteiger partial charge >= 0.3 is 0 Å². The van der Waals surface area contributed by atoms with E-state index in [1.807, 2.05) is 42.5 Å². The SMILES string of the molecule is COc1cc(/C=C/c2nc3ccccc3c(=O)n2-c2ccccc2OC)ccc1O. The van der Waals surface area contributed by atoms with Gasteiger partial charge in [0.05, 0.1) is 30.8 Å². The Bertz CT molecular complexity index is 1310. The van der Waals surface area contributed by atoms with Crippen molar-refractivity contribution in [3.8, 4) is 22.9 Å². The van der Waals surface area contributed by atoms with Gasteiger partial charge in [0.2, 0.25) is 0 Å². The van der Waals surface area contributed by atoms with E-state index in [1.54, 1.807) is 43.5 Å². The maximum absolute atomic E-state index is 13.4. The maximum Gasteiger partial charge on any atom is 0.266 e. The Morgan fingerprint density at radius 3 is 2.43 bits per heavy atom. The number of nitrogens with zero attached hydrogens (tertiary/aromatic N) is 2. The fourth-order valence-electron chi connectivity index (χ4n) is 3.28. The summed E-state index contributed by atoms with van der Waals surface area (Å²) in [5.41, 5.74) is 1.81. The summed E-state index contributed by atoms with van der Waals surface area (Å²) in [6, 6.07) is 19.6. The highest BCUT2D eigenvalue weighted by atomic mass is 16.5. The van der Waals surface area contributed by atoms with Gasteiger partial charge in [-0.25, -0.2) is 4.98 Å². The molecule has 0 radical (unpaired) electrons. The summed E-state index contributed by atoms with van der Waals surface area (Å²) in [6.45, 7) is 0. The third-order valence-corrected chi connectivity index (χ3v) is 4.76. The summed E-state index contributed by atoms with van der Waals surface area (Å²) in [4.78, 5) is 18.1. The number of para-hydroxylation sites is 3. The van der Waals surface area contributed by atoms with Crippen LogP contribution in [-0.2, 0) is 0 Å². The smallest absolute Gasteiger partial charge is 0.266 e. The number of rotatable bonds is 5. The minimum Gasteiger partial charge on any atom is -0.504 e. The van der Waals surface area contributed by atoms with Crippen LogP contribution in [0.1, 0.15) is 11.4 Å². The number of benzene rings is 3. The largest absolute Gasteiger partial charge is 0.504 e. The number of hydrogen-bond acceptors (Lipinski definition) is 5. The van der Waals surface area contributed by atoms with Crippen molar-refractivity contribution >= 4 is 23.1 Å². The molecular weight excluding hydrogens is 380 g/mol. The van der Waals surface area contributed by atoms with E-state index in [4.69, 9.17) is 14.5 Å². The number of phenols is 1. The number of methoxy groups -OCH3 is 2. The Balaban J connectivity index is 1.93. The first-order valence-electron chi connectivity index (χ1n) is 9.32. The first-order valence-corrected chi connectivity index (χ1v) is 9.32. The lowest BCUT2D eigenvalue weighted by Crippen LogP contribution is -2.22. The van der Waals surface area contributed by atoms with Gasteiger partial charge in [-0.15, -0.1) is 0 Å². The van der Waals surface area contributed by atoms with Crippen molar-refractivity contribution in [2.75, 3.05) is 14.2 Å². The first-order chi connectivity index (χ1) is 14.6. The van der Waals surface area contributed by atoms with Crippen molar-refractivity contribution < 1.29 is 14.6 Å². The molecule has 0 bridgehead atoms. The number of ether oxygens (including phenoxy) is 2. The molecule has 0 aliphatic carbocycles. The Hall–Kier alpha value is -4.06. The van der Waals surface area contributed by atoms with Crippen LogP contribution in [0.2, 0.25) is 0 Å². The summed E-state index contributed by atoms with van der Waals surface area (Å²) in [5, 5.41) is 10.3. The van der Waals surface area contributed by atoms with Crippen LogP contribution in [0.3, 0.4) is 0 Å². The molecule has 4 aromatic rings. The van der Waals surface area contributed by atoms with Crippen LogP contribution in [0.4, 0.5) is 0 Å². The number of fused-ring (bicyclic) bond motifs is 1. The molecule has 0 atom stereocenters. The monoisotopic (exact) mass is 400 g/mol. The average molecular weight is 400 g/mol. The van der Waals surface area contributed by atoms with Crippen molar-refractivity contribution in [2.24, 2.45) is 0 Å². The number of hydrogen-bond donors (Lipinski definition) is 1. The van der Waals surface area contributed by atoms with Crippen LogP contribution in [-0.4, -0.2) is 28.9 Å². The molecule has 1 aromatic heterocycles. The molecule has 0 amide bonds. The molecule has 6 heteroatoms. The first kappa shape index (κ1) is 19.3. The van der Waals surface area contributed by atoms with E-state index in [0.717, 1.165) is 5.56 Å².